The first-order valence-electron chi connectivity index (χ1n) is 5.49. The zero-order chi connectivity index (χ0) is 11.5. The van der Waals surface area contributed by atoms with Crippen LogP contribution in [-0.2, 0) is 6.54 Å². The fourth-order valence-electron chi connectivity index (χ4n) is 2.18. The molecule has 1 aliphatic rings. The van der Waals surface area contributed by atoms with Gasteiger partial charge >= 0.3 is 0 Å². The highest BCUT2D eigenvalue weighted by Crippen LogP contribution is 2.25. The minimum Gasteiger partial charge on any atom is -0.395 e. The van der Waals surface area contributed by atoms with Gasteiger partial charge in [-0.2, -0.15) is 0 Å². The van der Waals surface area contributed by atoms with Crippen LogP contribution in [0.2, 0.25) is 10.0 Å². The van der Waals surface area contributed by atoms with Crippen molar-refractivity contribution in [2.75, 3.05) is 13.2 Å². The summed E-state index contributed by atoms with van der Waals surface area (Å²) in [5.41, 5.74) is 1.15. The van der Waals surface area contributed by atoms with Crippen LogP contribution >= 0.6 is 23.2 Å². The molecule has 0 aromatic heterocycles. The Labute approximate surface area is 106 Å². The molecule has 2 nitrogen and oxygen atoms in total. The maximum Gasteiger partial charge on any atom is 0.0595 e. The Bertz CT molecular complexity index is 370. The van der Waals surface area contributed by atoms with E-state index in [1.807, 2.05) is 18.2 Å². The van der Waals surface area contributed by atoms with Crippen LogP contribution in [0.1, 0.15) is 18.4 Å². The predicted octanol–water partition coefficient (Wildman–Crippen LogP) is 2.95. The number of hydrogen-bond acceptors (Lipinski definition) is 2. The number of nitrogens with zero attached hydrogens (tertiary/aromatic N) is 1. The first-order valence-corrected chi connectivity index (χ1v) is 6.25. The Balaban J connectivity index is 2.05. The van der Waals surface area contributed by atoms with Crippen molar-refractivity contribution in [3.05, 3.63) is 33.8 Å². The molecule has 88 valence electrons. The zero-order valence-corrected chi connectivity index (χ0v) is 10.5. The average molecular weight is 260 g/mol. The predicted molar refractivity (Wildman–Crippen MR) is 67.0 cm³/mol. The van der Waals surface area contributed by atoms with E-state index in [9.17, 15) is 5.11 Å². The van der Waals surface area contributed by atoms with E-state index in [1.54, 1.807) is 0 Å². The third kappa shape index (κ3) is 2.69. The van der Waals surface area contributed by atoms with Crippen LogP contribution in [0, 0.1) is 0 Å². The molecule has 0 aliphatic carbocycles. The monoisotopic (exact) mass is 259 g/mol. The molecule has 1 aliphatic heterocycles. The van der Waals surface area contributed by atoms with E-state index in [2.05, 4.69) is 4.90 Å². The first-order chi connectivity index (χ1) is 7.70. The summed E-state index contributed by atoms with van der Waals surface area (Å²) in [5, 5.41) is 10.4. The van der Waals surface area contributed by atoms with Crippen molar-refractivity contribution in [1.29, 1.82) is 0 Å². The topological polar surface area (TPSA) is 23.5 Å². The van der Waals surface area contributed by atoms with Crippen molar-refractivity contribution in [2.45, 2.75) is 25.4 Å². The molecule has 1 atom stereocenters. The van der Waals surface area contributed by atoms with Gasteiger partial charge in [-0.1, -0.05) is 29.3 Å². The number of likely N-dealkylation sites (tertiary alicyclic amines) is 1. The molecule has 4 heteroatoms. The lowest BCUT2D eigenvalue weighted by Gasteiger charge is -2.22. The summed E-state index contributed by atoms with van der Waals surface area (Å²) in [7, 11) is 0. The van der Waals surface area contributed by atoms with Gasteiger partial charge in [0.1, 0.15) is 0 Å². The molecule has 0 spiro atoms. The summed E-state index contributed by atoms with van der Waals surface area (Å²) in [6, 6.07) is 6.01. The minimum atomic E-state index is 0.237. The lowest BCUT2D eigenvalue weighted by Crippen LogP contribution is -2.31. The average Bonchev–Trinajstić information content (AvgIpc) is 2.71. The third-order valence-corrected chi connectivity index (χ3v) is 3.82. The maximum absolute atomic E-state index is 9.22. The van der Waals surface area contributed by atoms with Gasteiger partial charge in [0.15, 0.2) is 0 Å². The van der Waals surface area contributed by atoms with Gasteiger partial charge in [-0.25, -0.2) is 0 Å². The number of aliphatic hydroxyl groups excluding tert-OH is 1. The third-order valence-electron chi connectivity index (χ3n) is 3.08. The highest BCUT2D eigenvalue weighted by Gasteiger charge is 2.23. The zero-order valence-electron chi connectivity index (χ0n) is 9.00. The van der Waals surface area contributed by atoms with Crippen LogP contribution in [-0.4, -0.2) is 29.2 Å². The molecule has 0 radical (unpaired) electrons. The molecule has 0 bridgehead atoms. The highest BCUT2D eigenvalue weighted by molar-refractivity contribution is 6.42. The largest absolute Gasteiger partial charge is 0.395 e. The van der Waals surface area contributed by atoms with Gasteiger partial charge < -0.3 is 5.11 Å². The molecule has 1 aromatic carbocycles. The van der Waals surface area contributed by atoms with Crippen molar-refractivity contribution in [3.63, 3.8) is 0 Å². The molecule has 1 aromatic rings. The Kier molecular flexibility index (Phi) is 4.09. The van der Waals surface area contributed by atoms with Gasteiger partial charge in [-0.15, -0.1) is 0 Å². The molecule has 0 unspecified atom stereocenters. The van der Waals surface area contributed by atoms with Gasteiger partial charge in [0, 0.05) is 12.6 Å². The fourth-order valence-corrected chi connectivity index (χ4v) is 2.50. The van der Waals surface area contributed by atoms with Crippen molar-refractivity contribution in [1.82, 2.24) is 4.90 Å². The number of hydrogen-bond donors (Lipinski definition) is 1. The Morgan fingerprint density at radius 2 is 2.12 bits per heavy atom. The van der Waals surface area contributed by atoms with Crippen LogP contribution < -0.4 is 0 Å². The van der Waals surface area contributed by atoms with Gasteiger partial charge in [0.2, 0.25) is 0 Å². The molecule has 1 saturated heterocycles. The van der Waals surface area contributed by atoms with Crippen LogP contribution in [0.4, 0.5) is 0 Å². The van der Waals surface area contributed by atoms with E-state index in [4.69, 9.17) is 23.2 Å². The van der Waals surface area contributed by atoms with Crippen molar-refractivity contribution < 1.29 is 5.11 Å². The van der Waals surface area contributed by atoms with Gasteiger partial charge in [0.25, 0.3) is 0 Å². The van der Waals surface area contributed by atoms with Crippen LogP contribution in [0.15, 0.2) is 18.2 Å². The Morgan fingerprint density at radius 3 is 2.81 bits per heavy atom. The quantitative estimate of drug-likeness (QED) is 0.903. The summed E-state index contributed by atoms with van der Waals surface area (Å²) in [4.78, 5) is 2.29. The lowest BCUT2D eigenvalue weighted by atomic mass is 10.2. The summed E-state index contributed by atoms with van der Waals surface area (Å²) in [6.45, 7) is 2.12. The van der Waals surface area contributed by atoms with Crippen LogP contribution in [0.3, 0.4) is 0 Å². The summed E-state index contributed by atoms with van der Waals surface area (Å²) < 4.78 is 0. The number of aliphatic hydroxyl groups is 1. The normalized spacial score (nSPS) is 21.6. The molecular formula is C12H15Cl2NO. The molecule has 16 heavy (non-hydrogen) atoms. The molecule has 1 fully saturated rings. The Hall–Kier alpha value is -0.280. The van der Waals surface area contributed by atoms with Crippen molar-refractivity contribution in [3.8, 4) is 0 Å². The Morgan fingerprint density at radius 1 is 1.31 bits per heavy atom. The van der Waals surface area contributed by atoms with Crippen molar-refractivity contribution >= 4 is 23.2 Å². The van der Waals surface area contributed by atoms with E-state index < -0.39 is 0 Å². The molecule has 0 amide bonds. The number of halogens is 2. The molecule has 1 N–H and O–H groups in total. The summed E-state index contributed by atoms with van der Waals surface area (Å²) >= 11 is 11.8. The number of rotatable bonds is 3. The van der Waals surface area contributed by atoms with Crippen LogP contribution in [0.5, 0.6) is 0 Å². The van der Waals surface area contributed by atoms with Crippen LogP contribution in [0.25, 0.3) is 0 Å². The van der Waals surface area contributed by atoms with E-state index in [-0.39, 0.29) is 6.61 Å². The van der Waals surface area contributed by atoms with E-state index >= 15 is 0 Å². The molecular weight excluding hydrogens is 245 g/mol. The van der Waals surface area contributed by atoms with Gasteiger partial charge in [-0.3, -0.25) is 4.90 Å². The maximum atomic E-state index is 9.22. The second-order valence-corrected chi connectivity index (χ2v) is 5.01. The van der Waals surface area contributed by atoms with Gasteiger partial charge in [0.05, 0.1) is 16.7 Å². The van der Waals surface area contributed by atoms with E-state index in [0.717, 1.165) is 31.5 Å². The second kappa shape index (κ2) is 5.37. The summed E-state index contributed by atoms with van der Waals surface area (Å²) in [5.74, 6) is 0. The minimum absolute atomic E-state index is 0.237. The highest BCUT2D eigenvalue weighted by atomic mass is 35.5. The number of benzene rings is 1. The molecule has 2 rings (SSSR count). The smallest absolute Gasteiger partial charge is 0.0595 e. The summed E-state index contributed by atoms with van der Waals surface area (Å²) in [6.07, 6.45) is 2.24. The first kappa shape index (κ1) is 12.2. The molecule has 1 heterocycles. The van der Waals surface area contributed by atoms with Gasteiger partial charge in [-0.05, 0) is 37.1 Å². The fraction of sp³-hybridized carbons (Fsp3) is 0.500. The van der Waals surface area contributed by atoms with E-state index in [0.29, 0.717) is 16.1 Å². The lowest BCUT2D eigenvalue weighted by molar-refractivity contribution is 0.153. The van der Waals surface area contributed by atoms with E-state index in [1.165, 1.54) is 0 Å². The van der Waals surface area contributed by atoms with Crippen molar-refractivity contribution in [2.24, 2.45) is 0 Å². The SMILES string of the molecule is OC[C@@H]1CCCN1Cc1ccc(Cl)c(Cl)c1. The molecule has 0 saturated carbocycles. The standard InChI is InChI=1S/C12H15Cl2NO/c13-11-4-3-9(6-12(11)14)7-15-5-1-2-10(15)8-16/h3-4,6,10,16H,1-2,5,7-8H2/t10-/m0/s1. The second-order valence-electron chi connectivity index (χ2n) is 4.20.